The van der Waals surface area contributed by atoms with Gasteiger partial charge >= 0.3 is 5.97 Å². The van der Waals surface area contributed by atoms with E-state index in [1.54, 1.807) is 6.07 Å². The first-order valence-electron chi connectivity index (χ1n) is 7.54. The molecule has 1 aromatic carbocycles. The third kappa shape index (κ3) is 6.15. The molecular formula is C17H18FN3O3S. The van der Waals surface area contributed by atoms with Crippen molar-refractivity contribution >= 4 is 29.3 Å². The number of aromatic nitrogens is 2. The lowest BCUT2D eigenvalue weighted by molar-refractivity contribution is -0.150. The first kappa shape index (κ1) is 18.9. The molecule has 0 saturated carbocycles. The normalized spacial score (nSPS) is 11.7. The molecule has 0 bridgehead atoms. The topological polar surface area (TPSA) is 81.2 Å². The fourth-order valence-electron chi connectivity index (χ4n) is 1.98. The van der Waals surface area contributed by atoms with Gasteiger partial charge in [-0.1, -0.05) is 17.8 Å². The molecule has 25 heavy (non-hydrogen) atoms. The number of aryl methyl sites for hydroxylation is 2. The molecule has 132 valence electrons. The van der Waals surface area contributed by atoms with Gasteiger partial charge in [0, 0.05) is 17.1 Å². The molecule has 0 unspecified atom stereocenters. The maximum Gasteiger partial charge on any atom is 0.317 e. The van der Waals surface area contributed by atoms with Crippen molar-refractivity contribution in [1.82, 2.24) is 9.97 Å². The van der Waals surface area contributed by atoms with Gasteiger partial charge in [0.15, 0.2) is 11.3 Å². The number of carbonyl (C=O) groups is 2. The quantitative estimate of drug-likeness (QED) is 0.483. The van der Waals surface area contributed by atoms with E-state index in [0.717, 1.165) is 23.1 Å². The van der Waals surface area contributed by atoms with E-state index in [9.17, 15) is 14.0 Å². The van der Waals surface area contributed by atoms with Crippen molar-refractivity contribution < 1.29 is 18.7 Å². The SMILES string of the molecule is Cc1cc(C)nc(SCC(=O)O[C@@H](C)C(=O)Nc2cccc(F)c2)n1. The van der Waals surface area contributed by atoms with Crippen LogP contribution in [0, 0.1) is 19.7 Å². The molecule has 6 nitrogen and oxygen atoms in total. The summed E-state index contributed by atoms with van der Waals surface area (Å²) in [4.78, 5) is 32.3. The Bertz CT molecular complexity index is 765. The van der Waals surface area contributed by atoms with Crippen molar-refractivity contribution in [2.75, 3.05) is 11.1 Å². The Kier molecular flexibility index (Phi) is 6.46. The molecule has 2 rings (SSSR count). The van der Waals surface area contributed by atoms with Crippen molar-refractivity contribution in [3.63, 3.8) is 0 Å². The minimum atomic E-state index is -1.00. The van der Waals surface area contributed by atoms with E-state index >= 15 is 0 Å². The number of anilines is 1. The summed E-state index contributed by atoms with van der Waals surface area (Å²) in [7, 11) is 0. The van der Waals surface area contributed by atoms with Gasteiger partial charge in [-0.05, 0) is 45.0 Å². The molecule has 0 fully saturated rings. The molecule has 0 aliphatic rings. The van der Waals surface area contributed by atoms with Gasteiger partial charge in [-0.15, -0.1) is 0 Å². The molecular weight excluding hydrogens is 345 g/mol. The smallest absolute Gasteiger partial charge is 0.317 e. The highest BCUT2D eigenvalue weighted by Gasteiger charge is 2.18. The van der Waals surface area contributed by atoms with Crippen LogP contribution in [0.25, 0.3) is 0 Å². The Hall–Kier alpha value is -2.48. The Morgan fingerprint density at radius 3 is 2.56 bits per heavy atom. The van der Waals surface area contributed by atoms with Crippen LogP contribution in [0.1, 0.15) is 18.3 Å². The minimum absolute atomic E-state index is 0.0134. The van der Waals surface area contributed by atoms with Crippen LogP contribution in [-0.4, -0.2) is 33.7 Å². The van der Waals surface area contributed by atoms with Crippen LogP contribution in [0.4, 0.5) is 10.1 Å². The van der Waals surface area contributed by atoms with Crippen LogP contribution in [0.15, 0.2) is 35.5 Å². The largest absolute Gasteiger partial charge is 0.452 e. The molecule has 0 spiro atoms. The van der Waals surface area contributed by atoms with E-state index in [-0.39, 0.29) is 5.75 Å². The predicted molar refractivity (Wildman–Crippen MR) is 92.8 cm³/mol. The van der Waals surface area contributed by atoms with Gasteiger partial charge in [-0.2, -0.15) is 0 Å². The fourth-order valence-corrected chi connectivity index (χ4v) is 2.71. The second-order valence-electron chi connectivity index (χ2n) is 5.35. The van der Waals surface area contributed by atoms with E-state index in [2.05, 4.69) is 15.3 Å². The highest BCUT2D eigenvalue weighted by molar-refractivity contribution is 7.99. The van der Waals surface area contributed by atoms with Crippen LogP contribution in [-0.2, 0) is 14.3 Å². The molecule has 0 aliphatic carbocycles. The zero-order valence-electron chi connectivity index (χ0n) is 14.1. The molecule has 0 radical (unpaired) electrons. The van der Waals surface area contributed by atoms with E-state index in [0.29, 0.717) is 10.8 Å². The zero-order chi connectivity index (χ0) is 18.4. The molecule has 2 aromatic rings. The molecule has 1 heterocycles. The highest BCUT2D eigenvalue weighted by atomic mass is 32.2. The van der Waals surface area contributed by atoms with E-state index in [1.165, 1.54) is 25.1 Å². The van der Waals surface area contributed by atoms with E-state index < -0.39 is 23.8 Å². The lowest BCUT2D eigenvalue weighted by atomic mass is 10.3. The molecule has 0 saturated heterocycles. The highest BCUT2D eigenvalue weighted by Crippen LogP contribution is 2.15. The lowest BCUT2D eigenvalue weighted by Gasteiger charge is -2.13. The van der Waals surface area contributed by atoms with Crippen LogP contribution in [0.2, 0.25) is 0 Å². The van der Waals surface area contributed by atoms with Gasteiger partial charge in [0.2, 0.25) is 0 Å². The van der Waals surface area contributed by atoms with E-state index in [4.69, 9.17) is 4.74 Å². The maximum absolute atomic E-state index is 13.1. The van der Waals surface area contributed by atoms with E-state index in [1.807, 2.05) is 19.9 Å². The first-order chi connectivity index (χ1) is 11.8. The number of halogens is 1. The number of hydrogen-bond donors (Lipinski definition) is 1. The standard InChI is InChI=1S/C17H18FN3O3S/c1-10-7-11(2)20-17(19-10)25-9-15(22)24-12(3)16(23)21-14-6-4-5-13(18)8-14/h4-8,12H,9H2,1-3H3,(H,21,23)/t12-/m0/s1. The number of ether oxygens (including phenoxy) is 1. The molecule has 1 N–H and O–H groups in total. The monoisotopic (exact) mass is 363 g/mol. The summed E-state index contributed by atoms with van der Waals surface area (Å²) in [6.07, 6.45) is -1.00. The predicted octanol–water partition coefficient (Wildman–Crippen LogP) is 2.90. The van der Waals surface area contributed by atoms with Crippen LogP contribution in [0.5, 0.6) is 0 Å². The number of amides is 1. The number of nitrogens with zero attached hydrogens (tertiary/aromatic N) is 2. The number of benzene rings is 1. The second kappa shape index (κ2) is 8.57. The summed E-state index contributed by atoms with van der Waals surface area (Å²) < 4.78 is 18.2. The van der Waals surface area contributed by atoms with Crippen LogP contribution >= 0.6 is 11.8 Å². The summed E-state index contributed by atoms with van der Waals surface area (Å²) in [6, 6.07) is 7.30. The molecule has 8 heteroatoms. The Morgan fingerprint density at radius 2 is 1.92 bits per heavy atom. The Balaban J connectivity index is 1.83. The Labute approximate surface area is 149 Å². The molecule has 1 aromatic heterocycles. The minimum Gasteiger partial charge on any atom is -0.452 e. The van der Waals surface area contributed by atoms with Gasteiger partial charge in [0.1, 0.15) is 5.82 Å². The van der Waals surface area contributed by atoms with Gasteiger partial charge in [0.25, 0.3) is 5.91 Å². The number of hydrogen-bond acceptors (Lipinski definition) is 6. The third-order valence-electron chi connectivity index (χ3n) is 3.05. The van der Waals surface area contributed by atoms with Crippen molar-refractivity contribution in [3.8, 4) is 0 Å². The lowest BCUT2D eigenvalue weighted by Crippen LogP contribution is -2.30. The average molecular weight is 363 g/mol. The second-order valence-corrected chi connectivity index (χ2v) is 6.30. The maximum atomic E-state index is 13.1. The van der Waals surface area contributed by atoms with Crippen LogP contribution < -0.4 is 5.32 Å². The number of thioether (sulfide) groups is 1. The number of carbonyl (C=O) groups excluding carboxylic acids is 2. The van der Waals surface area contributed by atoms with Crippen molar-refractivity contribution in [1.29, 1.82) is 0 Å². The van der Waals surface area contributed by atoms with Crippen molar-refractivity contribution in [3.05, 3.63) is 47.5 Å². The number of esters is 1. The molecule has 0 aliphatic heterocycles. The Morgan fingerprint density at radius 1 is 1.24 bits per heavy atom. The fraction of sp³-hybridized carbons (Fsp3) is 0.294. The van der Waals surface area contributed by atoms with Gasteiger partial charge in [0.05, 0.1) is 5.75 Å². The number of nitrogens with one attached hydrogen (secondary N) is 1. The summed E-state index contributed by atoms with van der Waals surface area (Å²) in [5, 5.41) is 2.97. The summed E-state index contributed by atoms with van der Waals surface area (Å²) in [6.45, 7) is 5.14. The average Bonchev–Trinajstić information content (AvgIpc) is 2.52. The molecule has 1 atom stereocenters. The van der Waals surface area contributed by atoms with Gasteiger partial charge < -0.3 is 10.1 Å². The van der Waals surface area contributed by atoms with Crippen molar-refractivity contribution in [2.45, 2.75) is 32.0 Å². The molecule has 1 amide bonds. The summed E-state index contributed by atoms with van der Waals surface area (Å²) >= 11 is 1.14. The first-order valence-corrected chi connectivity index (χ1v) is 8.53. The van der Waals surface area contributed by atoms with Crippen LogP contribution in [0.3, 0.4) is 0 Å². The summed E-state index contributed by atoms with van der Waals surface area (Å²) in [5.41, 5.74) is 1.92. The van der Waals surface area contributed by atoms with Gasteiger partial charge in [-0.25, -0.2) is 14.4 Å². The third-order valence-corrected chi connectivity index (χ3v) is 3.87. The zero-order valence-corrected chi connectivity index (χ0v) is 14.9. The number of rotatable bonds is 6. The van der Waals surface area contributed by atoms with Gasteiger partial charge in [-0.3, -0.25) is 9.59 Å². The van der Waals surface area contributed by atoms with Crippen molar-refractivity contribution in [2.24, 2.45) is 0 Å². The summed E-state index contributed by atoms with van der Waals surface area (Å²) in [5.74, 6) is -1.57.